The first-order valence-corrected chi connectivity index (χ1v) is 7.07. The van der Waals surface area contributed by atoms with E-state index in [1.54, 1.807) is 0 Å². The van der Waals surface area contributed by atoms with Crippen molar-refractivity contribution in [2.45, 2.75) is 31.5 Å². The van der Waals surface area contributed by atoms with Gasteiger partial charge in [-0.05, 0) is 19.3 Å². The van der Waals surface area contributed by atoms with Gasteiger partial charge in [0.15, 0.2) is 0 Å². The van der Waals surface area contributed by atoms with Crippen LogP contribution in [0.2, 0.25) is 10.0 Å². The van der Waals surface area contributed by atoms with Crippen molar-refractivity contribution in [2.24, 2.45) is 5.92 Å². The molecule has 1 aliphatic rings. The Bertz CT molecular complexity index is 495. The summed E-state index contributed by atoms with van der Waals surface area (Å²) in [6.45, 7) is 0.412. The van der Waals surface area contributed by atoms with Crippen LogP contribution in [-0.4, -0.2) is 28.3 Å². The summed E-state index contributed by atoms with van der Waals surface area (Å²) < 4.78 is 14.4. The average Bonchev–Trinajstić information content (AvgIpc) is 2.76. The zero-order valence-corrected chi connectivity index (χ0v) is 12.2. The van der Waals surface area contributed by atoms with Gasteiger partial charge in [0.2, 0.25) is 0 Å². The van der Waals surface area contributed by atoms with E-state index in [0.717, 1.165) is 0 Å². The lowest BCUT2D eigenvalue weighted by molar-refractivity contribution is -0.141. The first kappa shape index (κ1) is 15.5. The van der Waals surface area contributed by atoms with E-state index in [0.29, 0.717) is 28.6 Å². The van der Waals surface area contributed by atoms with Crippen molar-refractivity contribution in [3.8, 4) is 0 Å². The van der Waals surface area contributed by atoms with Crippen molar-refractivity contribution in [2.75, 3.05) is 6.54 Å². The fraction of sp³-hybridized carbons (Fsp3) is 0.538. The van der Waals surface area contributed by atoms with E-state index >= 15 is 0 Å². The highest BCUT2D eigenvalue weighted by atomic mass is 35.5. The molecule has 1 aromatic rings. The number of aliphatic carboxylic acids is 1. The second-order valence-electron chi connectivity index (χ2n) is 5.11. The van der Waals surface area contributed by atoms with Crippen LogP contribution in [0.1, 0.15) is 24.8 Å². The van der Waals surface area contributed by atoms with Crippen molar-refractivity contribution in [3.05, 3.63) is 28.0 Å². The molecule has 1 aliphatic carbocycles. The summed E-state index contributed by atoms with van der Waals surface area (Å²) in [7, 11) is 0. The molecule has 1 saturated carbocycles. The van der Waals surface area contributed by atoms with Gasteiger partial charge in [0.05, 0.1) is 16.0 Å². The summed E-state index contributed by atoms with van der Waals surface area (Å²) in [6, 6.07) is 0. The molecule has 0 unspecified atom stereocenters. The number of hydrogen-bond donors (Lipinski definition) is 2. The van der Waals surface area contributed by atoms with Gasteiger partial charge in [-0.2, -0.15) is 0 Å². The third kappa shape index (κ3) is 3.59. The third-order valence-corrected chi connectivity index (χ3v) is 4.25. The summed E-state index contributed by atoms with van der Waals surface area (Å²) in [5.74, 6) is -1.51. The summed E-state index contributed by atoms with van der Waals surface area (Å²) in [6.07, 6.45) is 3.64. The molecule has 0 aliphatic heterocycles. The zero-order valence-electron chi connectivity index (χ0n) is 10.7. The van der Waals surface area contributed by atoms with Crippen molar-refractivity contribution in [1.82, 2.24) is 10.3 Å². The number of aromatic nitrogens is 1. The lowest BCUT2D eigenvalue weighted by Gasteiger charge is -2.20. The normalized spacial score (nSPS) is 25.9. The topological polar surface area (TPSA) is 62.2 Å². The predicted octanol–water partition coefficient (Wildman–Crippen LogP) is 3.07. The maximum Gasteiger partial charge on any atom is 0.306 e. The molecule has 0 bridgehead atoms. The third-order valence-electron chi connectivity index (χ3n) is 3.60. The molecule has 2 N–H and O–H groups in total. The number of alkyl halides is 1. The second kappa shape index (κ2) is 6.24. The van der Waals surface area contributed by atoms with Crippen molar-refractivity contribution in [1.29, 1.82) is 0 Å². The molecule has 110 valence electrons. The minimum Gasteiger partial charge on any atom is -0.481 e. The number of carboxylic acid groups (broad SMARTS) is 1. The lowest BCUT2D eigenvalue weighted by atomic mass is 10.0. The number of nitrogens with zero attached hydrogens (tertiary/aromatic N) is 1. The molecule has 0 aromatic carbocycles. The molecule has 1 heterocycles. The summed E-state index contributed by atoms with van der Waals surface area (Å²) in [5, 5.41) is 12.7. The molecule has 0 amide bonds. The highest BCUT2D eigenvalue weighted by Crippen LogP contribution is 2.37. The molecule has 1 fully saturated rings. The summed E-state index contributed by atoms with van der Waals surface area (Å²) in [5.41, 5.74) is -0.811. The Morgan fingerprint density at radius 3 is 2.70 bits per heavy atom. The van der Waals surface area contributed by atoms with Gasteiger partial charge in [-0.3, -0.25) is 9.78 Å². The maximum atomic E-state index is 14.4. The van der Waals surface area contributed by atoms with E-state index in [9.17, 15) is 9.18 Å². The maximum absolute atomic E-state index is 14.4. The van der Waals surface area contributed by atoms with E-state index in [-0.39, 0.29) is 19.4 Å². The van der Waals surface area contributed by atoms with Crippen LogP contribution in [0.4, 0.5) is 4.39 Å². The molecule has 0 radical (unpaired) electrons. The SMILES string of the molecule is O=C(O)[C@@H]1CC[C@](F)(CNCc2c(Cl)cncc2Cl)C1. The predicted molar refractivity (Wildman–Crippen MR) is 74.8 cm³/mol. The molecule has 0 saturated heterocycles. The van der Waals surface area contributed by atoms with Crippen molar-refractivity contribution < 1.29 is 14.3 Å². The summed E-state index contributed by atoms with van der Waals surface area (Å²) >= 11 is 11.9. The molecule has 20 heavy (non-hydrogen) atoms. The fourth-order valence-electron chi connectivity index (χ4n) is 2.47. The number of halogens is 3. The number of carboxylic acids is 1. The van der Waals surface area contributed by atoms with Gasteiger partial charge in [-0.25, -0.2) is 4.39 Å². The van der Waals surface area contributed by atoms with Gasteiger partial charge in [0.25, 0.3) is 0 Å². The Morgan fingerprint density at radius 2 is 2.15 bits per heavy atom. The number of rotatable bonds is 5. The second-order valence-corrected chi connectivity index (χ2v) is 5.93. The van der Waals surface area contributed by atoms with Crippen molar-refractivity contribution in [3.63, 3.8) is 0 Å². The first-order chi connectivity index (χ1) is 9.41. The Kier molecular flexibility index (Phi) is 4.83. The molecule has 4 nitrogen and oxygen atoms in total. The number of pyridine rings is 1. The standard InChI is InChI=1S/C13H15Cl2FN2O2/c14-10-5-17-6-11(15)9(10)4-18-7-13(16)2-1-8(3-13)12(19)20/h5-6,8,18H,1-4,7H2,(H,19,20)/t8-,13-/m1/s1. The van der Waals surface area contributed by atoms with E-state index < -0.39 is 17.6 Å². The smallest absolute Gasteiger partial charge is 0.306 e. The Labute approximate surface area is 126 Å². The number of hydrogen-bond acceptors (Lipinski definition) is 3. The lowest BCUT2D eigenvalue weighted by Crippen LogP contribution is -2.34. The van der Waals surface area contributed by atoms with E-state index in [1.807, 2.05) is 0 Å². The van der Waals surface area contributed by atoms with Crippen LogP contribution in [0.3, 0.4) is 0 Å². The molecule has 2 rings (SSSR count). The van der Waals surface area contributed by atoms with Crippen LogP contribution in [0.25, 0.3) is 0 Å². The minimum absolute atomic E-state index is 0.0488. The molecular formula is C13H15Cl2FN2O2. The Hall–Kier alpha value is -0.910. The largest absolute Gasteiger partial charge is 0.481 e. The van der Waals surface area contributed by atoms with Crippen LogP contribution in [0.15, 0.2) is 12.4 Å². The summed E-state index contributed by atoms with van der Waals surface area (Å²) in [4.78, 5) is 14.7. The molecule has 1 aromatic heterocycles. The van der Waals surface area contributed by atoms with E-state index in [4.69, 9.17) is 28.3 Å². The van der Waals surface area contributed by atoms with Crippen LogP contribution in [0.5, 0.6) is 0 Å². The van der Waals surface area contributed by atoms with Crippen molar-refractivity contribution >= 4 is 29.2 Å². The van der Waals surface area contributed by atoms with Crippen LogP contribution in [0, 0.1) is 5.92 Å². The quantitative estimate of drug-likeness (QED) is 0.875. The van der Waals surface area contributed by atoms with E-state index in [2.05, 4.69) is 10.3 Å². The van der Waals surface area contributed by atoms with Gasteiger partial charge < -0.3 is 10.4 Å². The minimum atomic E-state index is -1.48. The highest BCUT2D eigenvalue weighted by molar-refractivity contribution is 6.35. The number of carbonyl (C=O) groups is 1. The molecule has 0 spiro atoms. The Morgan fingerprint density at radius 1 is 1.50 bits per heavy atom. The monoisotopic (exact) mass is 320 g/mol. The van der Waals surface area contributed by atoms with Crippen LogP contribution < -0.4 is 5.32 Å². The molecular weight excluding hydrogens is 306 g/mol. The first-order valence-electron chi connectivity index (χ1n) is 6.31. The fourth-order valence-corrected chi connectivity index (χ4v) is 2.97. The molecule has 7 heteroatoms. The highest BCUT2D eigenvalue weighted by Gasteiger charge is 2.42. The van der Waals surface area contributed by atoms with Gasteiger partial charge in [0, 0.05) is 31.0 Å². The average molecular weight is 321 g/mol. The molecule has 2 atom stereocenters. The van der Waals surface area contributed by atoms with Gasteiger partial charge in [-0.15, -0.1) is 0 Å². The van der Waals surface area contributed by atoms with Gasteiger partial charge in [0.1, 0.15) is 5.67 Å². The number of nitrogens with one attached hydrogen (secondary N) is 1. The van der Waals surface area contributed by atoms with Crippen LogP contribution in [-0.2, 0) is 11.3 Å². The van der Waals surface area contributed by atoms with Crippen LogP contribution >= 0.6 is 23.2 Å². The van der Waals surface area contributed by atoms with Gasteiger partial charge in [-0.1, -0.05) is 23.2 Å². The zero-order chi connectivity index (χ0) is 14.8. The van der Waals surface area contributed by atoms with E-state index in [1.165, 1.54) is 12.4 Å². The Balaban J connectivity index is 1.89. The van der Waals surface area contributed by atoms with Gasteiger partial charge >= 0.3 is 5.97 Å².